The van der Waals surface area contributed by atoms with Gasteiger partial charge in [0.1, 0.15) is 18.1 Å². The van der Waals surface area contributed by atoms with Crippen molar-refractivity contribution in [2.24, 2.45) is 17.6 Å². The molecule has 5 unspecified atom stereocenters. The molecule has 0 spiro atoms. The van der Waals surface area contributed by atoms with Crippen LogP contribution >= 0.6 is 11.8 Å². The summed E-state index contributed by atoms with van der Waals surface area (Å²) in [5.41, 5.74) is 6.98. The van der Waals surface area contributed by atoms with Crippen molar-refractivity contribution in [3.05, 3.63) is 35.9 Å². The second-order valence-electron chi connectivity index (χ2n) is 9.08. The number of rotatable bonds is 15. The van der Waals surface area contributed by atoms with Crippen LogP contribution in [0.2, 0.25) is 0 Å². The van der Waals surface area contributed by atoms with Crippen molar-refractivity contribution in [3.8, 4) is 0 Å². The van der Waals surface area contributed by atoms with Gasteiger partial charge in [-0.15, -0.1) is 0 Å². The molecule has 0 aliphatic heterocycles. The number of carboxylic acids is 1. The van der Waals surface area contributed by atoms with Crippen LogP contribution in [0, 0.1) is 11.8 Å². The molecular formula is C25H40N4O5S. The highest BCUT2D eigenvalue weighted by molar-refractivity contribution is 7.98. The molecular weight excluding hydrogens is 468 g/mol. The molecule has 0 bridgehead atoms. The number of benzene rings is 1. The quantitative estimate of drug-likeness (QED) is 0.241. The van der Waals surface area contributed by atoms with E-state index in [1.165, 1.54) is 11.8 Å². The molecule has 1 aromatic rings. The van der Waals surface area contributed by atoms with Crippen molar-refractivity contribution in [2.75, 3.05) is 12.0 Å². The highest BCUT2D eigenvalue weighted by Crippen LogP contribution is 2.11. The lowest BCUT2D eigenvalue weighted by molar-refractivity contribution is -0.144. The second-order valence-corrected chi connectivity index (χ2v) is 10.1. The van der Waals surface area contributed by atoms with Gasteiger partial charge in [-0.2, -0.15) is 11.8 Å². The molecule has 0 fully saturated rings. The maximum absolute atomic E-state index is 13.1. The second kappa shape index (κ2) is 15.4. The van der Waals surface area contributed by atoms with E-state index in [1.807, 2.05) is 43.5 Å². The summed E-state index contributed by atoms with van der Waals surface area (Å²) in [6.07, 6.45) is 3.09. The van der Waals surface area contributed by atoms with Crippen LogP contribution in [-0.2, 0) is 25.6 Å². The molecule has 0 aliphatic carbocycles. The maximum atomic E-state index is 13.1. The van der Waals surface area contributed by atoms with Crippen LogP contribution in [0.15, 0.2) is 30.3 Å². The minimum atomic E-state index is -1.12. The van der Waals surface area contributed by atoms with Gasteiger partial charge < -0.3 is 26.8 Å². The first-order valence-electron chi connectivity index (χ1n) is 11.9. The van der Waals surface area contributed by atoms with Crippen molar-refractivity contribution in [2.45, 2.75) is 71.1 Å². The van der Waals surface area contributed by atoms with Gasteiger partial charge in [0.2, 0.25) is 17.7 Å². The maximum Gasteiger partial charge on any atom is 0.326 e. The van der Waals surface area contributed by atoms with Crippen LogP contribution in [0.1, 0.15) is 46.1 Å². The summed E-state index contributed by atoms with van der Waals surface area (Å²) in [5.74, 6) is -2.62. The Labute approximate surface area is 212 Å². The van der Waals surface area contributed by atoms with Crippen LogP contribution in [0.25, 0.3) is 0 Å². The summed E-state index contributed by atoms with van der Waals surface area (Å²) in [6.45, 7) is 7.16. The van der Waals surface area contributed by atoms with E-state index in [0.717, 1.165) is 5.56 Å². The smallest absolute Gasteiger partial charge is 0.326 e. The molecule has 6 N–H and O–H groups in total. The zero-order valence-electron chi connectivity index (χ0n) is 21.2. The van der Waals surface area contributed by atoms with Crippen LogP contribution in [0.4, 0.5) is 0 Å². The van der Waals surface area contributed by atoms with Crippen LogP contribution in [0.5, 0.6) is 0 Å². The fraction of sp³-hybridized carbons (Fsp3) is 0.600. The molecule has 5 atom stereocenters. The SMILES string of the molecule is CCC(C)C(NC(=O)C(CCSC)NC(=O)C(NC(=O)C(N)Cc1ccccc1)C(C)C)C(=O)O. The summed E-state index contributed by atoms with van der Waals surface area (Å²) in [4.78, 5) is 50.4. The third-order valence-corrected chi connectivity index (χ3v) is 6.55. The molecule has 0 aliphatic rings. The van der Waals surface area contributed by atoms with Crippen molar-refractivity contribution >= 4 is 35.5 Å². The van der Waals surface area contributed by atoms with E-state index in [4.69, 9.17) is 5.73 Å². The van der Waals surface area contributed by atoms with Gasteiger partial charge in [-0.3, -0.25) is 14.4 Å². The normalized spacial score (nSPS) is 15.4. The lowest BCUT2D eigenvalue weighted by Gasteiger charge is -2.28. The van der Waals surface area contributed by atoms with Gasteiger partial charge >= 0.3 is 5.97 Å². The van der Waals surface area contributed by atoms with E-state index in [2.05, 4.69) is 16.0 Å². The van der Waals surface area contributed by atoms with Gasteiger partial charge in [-0.1, -0.05) is 64.4 Å². The summed E-state index contributed by atoms with van der Waals surface area (Å²) in [5, 5.41) is 17.5. The fourth-order valence-electron chi connectivity index (χ4n) is 3.46. The van der Waals surface area contributed by atoms with E-state index in [0.29, 0.717) is 25.0 Å². The Hall–Kier alpha value is -2.59. The first kappa shape index (κ1) is 30.4. The molecule has 10 heteroatoms. The summed E-state index contributed by atoms with van der Waals surface area (Å²) >= 11 is 1.51. The topological polar surface area (TPSA) is 151 Å². The average Bonchev–Trinajstić information content (AvgIpc) is 2.82. The molecule has 0 aromatic heterocycles. The third-order valence-electron chi connectivity index (χ3n) is 5.90. The molecule has 196 valence electrons. The Kier molecular flexibility index (Phi) is 13.4. The van der Waals surface area contributed by atoms with Gasteiger partial charge in [0, 0.05) is 0 Å². The standard InChI is InChI=1S/C25H40N4O5S/c1-6-16(4)21(25(33)34)29-23(31)19(12-13-35-5)27-24(32)20(15(2)3)28-22(30)18(26)14-17-10-8-7-9-11-17/h7-11,15-16,18-21H,6,12-14,26H2,1-5H3,(H,27,32)(H,28,30)(H,29,31)(H,33,34). The van der Waals surface area contributed by atoms with Gasteiger partial charge in [-0.05, 0) is 42.2 Å². The predicted molar refractivity (Wildman–Crippen MR) is 139 cm³/mol. The van der Waals surface area contributed by atoms with Gasteiger partial charge in [0.05, 0.1) is 6.04 Å². The Morgan fingerprint density at radius 3 is 2.06 bits per heavy atom. The largest absolute Gasteiger partial charge is 0.480 e. The molecule has 9 nitrogen and oxygen atoms in total. The minimum Gasteiger partial charge on any atom is -0.480 e. The van der Waals surface area contributed by atoms with Crippen LogP contribution in [-0.4, -0.2) is 65.0 Å². The molecule has 0 radical (unpaired) electrons. The molecule has 0 heterocycles. The number of amides is 3. The Morgan fingerprint density at radius 2 is 1.54 bits per heavy atom. The third kappa shape index (κ3) is 10.3. The van der Waals surface area contributed by atoms with E-state index >= 15 is 0 Å². The number of hydrogen-bond acceptors (Lipinski definition) is 6. The number of thioether (sulfide) groups is 1. The first-order chi connectivity index (χ1) is 16.5. The number of carbonyl (C=O) groups is 4. The fourth-order valence-corrected chi connectivity index (χ4v) is 3.93. The zero-order chi connectivity index (χ0) is 26.5. The predicted octanol–water partition coefficient (Wildman–Crippen LogP) is 1.55. The van der Waals surface area contributed by atoms with E-state index in [9.17, 15) is 24.3 Å². The Morgan fingerprint density at radius 1 is 0.943 bits per heavy atom. The summed E-state index contributed by atoms with van der Waals surface area (Å²) in [7, 11) is 0. The molecule has 3 amide bonds. The summed E-state index contributed by atoms with van der Waals surface area (Å²) in [6, 6.07) is 5.61. The number of carbonyl (C=O) groups excluding carboxylic acids is 3. The van der Waals surface area contributed by atoms with Crippen molar-refractivity contribution in [1.29, 1.82) is 0 Å². The van der Waals surface area contributed by atoms with Crippen LogP contribution in [0.3, 0.4) is 0 Å². The van der Waals surface area contributed by atoms with Gasteiger partial charge in [-0.25, -0.2) is 4.79 Å². The Bertz CT molecular complexity index is 836. The number of carboxylic acid groups (broad SMARTS) is 1. The lowest BCUT2D eigenvalue weighted by Crippen LogP contribution is -2.59. The highest BCUT2D eigenvalue weighted by Gasteiger charge is 2.32. The molecule has 35 heavy (non-hydrogen) atoms. The molecule has 0 saturated carbocycles. The highest BCUT2D eigenvalue weighted by atomic mass is 32.2. The van der Waals surface area contributed by atoms with Crippen molar-refractivity contribution < 1.29 is 24.3 Å². The first-order valence-corrected chi connectivity index (χ1v) is 13.3. The molecule has 0 saturated heterocycles. The van der Waals surface area contributed by atoms with Crippen molar-refractivity contribution in [3.63, 3.8) is 0 Å². The van der Waals surface area contributed by atoms with Crippen LogP contribution < -0.4 is 21.7 Å². The summed E-state index contributed by atoms with van der Waals surface area (Å²) < 4.78 is 0. The number of aliphatic carboxylic acids is 1. The Balaban J connectivity index is 2.91. The average molecular weight is 509 g/mol. The number of nitrogens with two attached hydrogens (primary N) is 1. The van der Waals surface area contributed by atoms with Gasteiger partial charge in [0.15, 0.2) is 0 Å². The molecule has 1 rings (SSSR count). The van der Waals surface area contributed by atoms with E-state index in [1.54, 1.807) is 20.8 Å². The monoisotopic (exact) mass is 508 g/mol. The molecule has 1 aromatic carbocycles. The van der Waals surface area contributed by atoms with E-state index in [-0.39, 0.29) is 11.8 Å². The van der Waals surface area contributed by atoms with E-state index < -0.39 is 47.9 Å². The number of hydrogen-bond donors (Lipinski definition) is 5. The van der Waals surface area contributed by atoms with Crippen molar-refractivity contribution in [1.82, 2.24) is 16.0 Å². The number of nitrogens with one attached hydrogen (secondary N) is 3. The zero-order valence-corrected chi connectivity index (χ0v) is 22.1. The van der Waals surface area contributed by atoms with Gasteiger partial charge in [0.25, 0.3) is 0 Å². The minimum absolute atomic E-state index is 0.265. The lowest BCUT2D eigenvalue weighted by atomic mass is 9.98.